The highest BCUT2D eigenvalue weighted by Gasteiger charge is 2.00. The number of benzene rings is 1. The summed E-state index contributed by atoms with van der Waals surface area (Å²) in [6, 6.07) is 5.65. The van der Waals surface area contributed by atoms with E-state index in [-0.39, 0.29) is 0 Å². The van der Waals surface area contributed by atoms with Crippen LogP contribution in [0.1, 0.15) is 5.56 Å². The van der Waals surface area contributed by atoms with Gasteiger partial charge in [-0.05, 0) is 29.3 Å². The van der Waals surface area contributed by atoms with Gasteiger partial charge in [-0.1, -0.05) is 15.9 Å². The van der Waals surface area contributed by atoms with Gasteiger partial charge in [0.2, 0.25) is 0 Å². The highest BCUT2D eigenvalue weighted by Crippen LogP contribution is 2.25. The molecule has 0 heterocycles. The van der Waals surface area contributed by atoms with Gasteiger partial charge in [0, 0.05) is 5.56 Å². The summed E-state index contributed by atoms with van der Waals surface area (Å²) in [6.07, 6.45) is 1.90. The number of hydrogen-bond donors (Lipinski definition) is 0. The van der Waals surface area contributed by atoms with Crippen LogP contribution in [0.15, 0.2) is 23.2 Å². The molecule has 1 rings (SSSR count). The van der Waals surface area contributed by atoms with Gasteiger partial charge in [-0.25, -0.2) is 0 Å². The Morgan fingerprint density at radius 1 is 1.23 bits per heavy atom. The summed E-state index contributed by atoms with van der Waals surface area (Å²) in [5, 5.41) is 0. The third kappa shape index (κ3) is 2.49. The Balaban J connectivity index is 3.09. The maximum Gasteiger partial charge on any atom is 0.126 e. The Kier molecular flexibility index (Phi) is 3.83. The Morgan fingerprint density at radius 2 is 2.00 bits per heavy atom. The Bertz CT molecular complexity index is 308. The lowest BCUT2D eigenvalue weighted by Gasteiger charge is -2.06. The fraction of sp³-hybridized carbons (Fsp3) is 0.200. The smallest absolute Gasteiger partial charge is 0.126 e. The summed E-state index contributed by atoms with van der Waals surface area (Å²) in [5.41, 5.74) is 0.985. The number of rotatable bonds is 3. The van der Waals surface area contributed by atoms with Crippen LogP contribution < -0.4 is 9.47 Å². The molecule has 0 aliphatic rings. The monoisotopic (exact) mass is 242 g/mol. The zero-order valence-corrected chi connectivity index (χ0v) is 9.17. The Hall–Kier alpha value is -0.960. The second-order valence-corrected chi connectivity index (χ2v) is 2.93. The summed E-state index contributed by atoms with van der Waals surface area (Å²) in [5.74, 6) is 1.65. The summed E-state index contributed by atoms with van der Waals surface area (Å²) in [7, 11) is 3.29. The van der Waals surface area contributed by atoms with Crippen molar-refractivity contribution in [2.75, 3.05) is 14.2 Å². The van der Waals surface area contributed by atoms with Crippen LogP contribution in [0.2, 0.25) is 0 Å². The van der Waals surface area contributed by atoms with Crippen LogP contribution in [0.5, 0.6) is 11.5 Å². The van der Waals surface area contributed by atoms with Crippen molar-refractivity contribution >= 4 is 22.0 Å². The molecule has 0 spiro atoms. The molecule has 0 saturated carbocycles. The highest BCUT2D eigenvalue weighted by molar-refractivity contribution is 9.11. The number of halogens is 1. The lowest BCUT2D eigenvalue weighted by molar-refractivity contribution is 0.402. The van der Waals surface area contributed by atoms with E-state index in [1.165, 1.54) is 0 Å². The molecule has 2 nitrogen and oxygen atoms in total. The van der Waals surface area contributed by atoms with Gasteiger partial charge in [0.25, 0.3) is 0 Å². The molecular formula is C10H11BrO2. The first-order valence-electron chi connectivity index (χ1n) is 3.80. The van der Waals surface area contributed by atoms with E-state index < -0.39 is 0 Å². The van der Waals surface area contributed by atoms with E-state index >= 15 is 0 Å². The third-order valence-corrected chi connectivity index (χ3v) is 1.94. The largest absolute Gasteiger partial charge is 0.497 e. The van der Waals surface area contributed by atoms with Crippen LogP contribution >= 0.6 is 15.9 Å². The van der Waals surface area contributed by atoms with Crippen molar-refractivity contribution in [2.45, 2.75) is 0 Å². The maximum absolute atomic E-state index is 5.17. The lowest BCUT2D eigenvalue weighted by atomic mass is 10.2. The van der Waals surface area contributed by atoms with Crippen LogP contribution in [-0.2, 0) is 0 Å². The van der Waals surface area contributed by atoms with Crippen molar-refractivity contribution in [1.29, 1.82) is 0 Å². The minimum Gasteiger partial charge on any atom is -0.497 e. The van der Waals surface area contributed by atoms with E-state index in [1.807, 2.05) is 24.3 Å². The molecule has 0 aliphatic carbocycles. The topological polar surface area (TPSA) is 18.5 Å². The number of hydrogen-bond acceptors (Lipinski definition) is 2. The van der Waals surface area contributed by atoms with Crippen LogP contribution in [0, 0.1) is 0 Å². The number of methoxy groups -OCH3 is 2. The molecule has 0 aliphatic heterocycles. The van der Waals surface area contributed by atoms with E-state index in [9.17, 15) is 0 Å². The molecule has 0 N–H and O–H groups in total. The van der Waals surface area contributed by atoms with E-state index in [4.69, 9.17) is 9.47 Å². The molecule has 0 radical (unpaired) electrons. The predicted octanol–water partition coefficient (Wildman–Crippen LogP) is 3.07. The fourth-order valence-electron chi connectivity index (χ4n) is 1.04. The molecule has 0 fully saturated rings. The molecule has 13 heavy (non-hydrogen) atoms. The molecule has 1 aromatic rings. The van der Waals surface area contributed by atoms with Crippen LogP contribution in [0.4, 0.5) is 0 Å². The minimum atomic E-state index is 0.821. The predicted molar refractivity (Wildman–Crippen MR) is 57.5 cm³/mol. The molecule has 70 valence electrons. The molecule has 3 heteroatoms. The van der Waals surface area contributed by atoms with Gasteiger partial charge in [-0.3, -0.25) is 0 Å². The SMILES string of the molecule is COc1ccc(OC)c(/C=C\Br)c1. The number of ether oxygens (including phenoxy) is 2. The molecule has 1 aromatic carbocycles. The second kappa shape index (κ2) is 4.92. The van der Waals surface area contributed by atoms with E-state index in [1.54, 1.807) is 19.2 Å². The molecule has 0 aromatic heterocycles. The first-order valence-corrected chi connectivity index (χ1v) is 4.72. The van der Waals surface area contributed by atoms with E-state index in [0.29, 0.717) is 0 Å². The molecule has 0 amide bonds. The van der Waals surface area contributed by atoms with Crippen molar-refractivity contribution in [1.82, 2.24) is 0 Å². The maximum atomic E-state index is 5.17. The molecule has 0 unspecified atom stereocenters. The summed E-state index contributed by atoms with van der Waals surface area (Å²) in [6.45, 7) is 0. The third-order valence-electron chi connectivity index (χ3n) is 1.68. The minimum absolute atomic E-state index is 0.821. The van der Waals surface area contributed by atoms with Gasteiger partial charge in [0.05, 0.1) is 14.2 Å². The first-order chi connectivity index (χ1) is 6.31. The van der Waals surface area contributed by atoms with Crippen molar-refractivity contribution < 1.29 is 9.47 Å². The Morgan fingerprint density at radius 3 is 2.54 bits per heavy atom. The van der Waals surface area contributed by atoms with Gasteiger partial charge in [-0.15, -0.1) is 0 Å². The zero-order chi connectivity index (χ0) is 9.68. The quantitative estimate of drug-likeness (QED) is 0.812. The van der Waals surface area contributed by atoms with Crippen LogP contribution in [-0.4, -0.2) is 14.2 Å². The normalized spacial score (nSPS) is 10.4. The van der Waals surface area contributed by atoms with Crippen molar-refractivity contribution in [2.24, 2.45) is 0 Å². The standard InChI is InChI=1S/C10H11BrO2/c1-12-9-3-4-10(13-2)8(7-9)5-6-11/h3-7H,1-2H3/b6-5-. The second-order valence-electron chi connectivity index (χ2n) is 2.40. The van der Waals surface area contributed by atoms with E-state index in [0.717, 1.165) is 17.1 Å². The highest BCUT2D eigenvalue weighted by atomic mass is 79.9. The van der Waals surface area contributed by atoms with E-state index in [2.05, 4.69) is 15.9 Å². The van der Waals surface area contributed by atoms with Gasteiger partial charge in [0.15, 0.2) is 0 Å². The Labute approximate surface area is 86.3 Å². The average Bonchev–Trinajstić information content (AvgIpc) is 2.18. The summed E-state index contributed by atoms with van der Waals surface area (Å²) in [4.78, 5) is 1.78. The first kappa shape index (κ1) is 10.1. The lowest BCUT2D eigenvalue weighted by Crippen LogP contribution is -1.88. The van der Waals surface area contributed by atoms with Crippen molar-refractivity contribution in [3.8, 4) is 11.5 Å². The van der Waals surface area contributed by atoms with Gasteiger partial charge in [-0.2, -0.15) is 0 Å². The van der Waals surface area contributed by atoms with Gasteiger partial charge < -0.3 is 9.47 Å². The molecule has 0 atom stereocenters. The molecule has 0 bridgehead atoms. The van der Waals surface area contributed by atoms with Crippen LogP contribution in [0.3, 0.4) is 0 Å². The molecular weight excluding hydrogens is 232 g/mol. The summed E-state index contributed by atoms with van der Waals surface area (Å²) >= 11 is 3.22. The zero-order valence-electron chi connectivity index (χ0n) is 7.58. The van der Waals surface area contributed by atoms with Crippen molar-refractivity contribution in [3.63, 3.8) is 0 Å². The van der Waals surface area contributed by atoms with Crippen molar-refractivity contribution in [3.05, 3.63) is 28.7 Å². The van der Waals surface area contributed by atoms with Crippen LogP contribution in [0.25, 0.3) is 6.08 Å². The summed E-state index contributed by atoms with van der Waals surface area (Å²) < 4.78 is 10.3. The molecule has 0 saturated heterocycles. The van der Waals surface area contributed by atoms with Gasteiger partial charge in [0.1, 0.15) is 11.5 Å². The fourth-order valence-corrected chi connectivity index (χ4v) is 1.32. The van der Waals surface area contributed by atoms with Gasteiger partial charge >= 0.3 is 0 Å². The average molecular weight is 243 g/mol.